The molecule has 84 valence electrons. The van der Waals surface area contributed by atoms with E-state index in [1.165, 1.54) is 11.8 Å². The van der Waals surface area contributed by atoms with E-state index >= 15 is 0 Å². The number of nitrogens with zero attached hydrogens (tertiary/aromatic N) is 2. The molecule has 0 radical (unpaired) electrons. The molecule has 1 aromatic carbocycles. The van der Waals surface area contributed by atoms with E-state index in [1.54, 1.807) is 6.07 Å². The van der Waals surface area contributed by atoms with Gasteiger partial charge in [-0.15, -0.1) is 0 Å². The molecule has 0 bridgehead atoms. The Morgan fingerprint density at radius 3 is 2.76 bits per heavy atom. The Labute approximate surface area is 98.1 Å². The highest BCUT2D eigenvalue weighted by Gasteiger charge is 2.19. The Kier molecular flexibility index (Phi) is 2.14. The maximum atomic E-state index is 10.7. The van der Waals surface area contributed by atoms with Crippen molar-refractivity contribution in [3.05, 3.63) is 57.8 Å². The van der Waals surface area contributed by atoms with Crippen LogP contribution in [0, 0.1) is 10.1 Å². The van der Waals surface area contributed by atoms with Gasteiger partial charge in [-0.2, -0.15) is 0 Å². The van der Waals surface area contributed by atoms with Crippen LogP contribution in [-0.4, -0.2) is 9.91 Å². The third-order valence-electron chi connectivity index (χ3n) is 3.10. The second-order valence-corrected chi connectivity index (χ2v) is 4.12. The molecular formula is C13H10N2O2. The molecule has 0 spiro atoms. The third kappa shape index (κ3) is 1.58. The first kappa shape index (κ1) is 9.96. The summed E-state index contributed by atoms with van der Waals surface area (Å²) < 4.78 is 0. The van der Waals surface area contributed by atoms with Crippen LogP contribution in [0.4, 0.5) is 5.69 Å². The Balaban J connectivity index is 2.18. The van der Waals surface area contributed by atoms with E-state index < -0.39 is 4.92 Å². The van der Waals surface area contributed by atoms with Gasteiger partial charge < -0.3 is 0 Å². The highest BCUT2D eigenvalue weighted by atomic mass is 16.6. The predicted octanol–water partition coefficient (Wildman–Crippen LogP) is 2.76. The highest BCUT2D eigenvalue weighted by molar-refractivity contribution is 5.70. The molecule has 0 saturated heterocycles. The summed E-state index contributed by atoms with van der Waals surface area (Å²) in [6.45, 7) is 0. The van der Waals surface area contributed by atoms with E-state index in [4.69, 9.17) is 0 Å². The van der Waals surface area contributed by atoms with E-state index in [2.05, 4.69) is 11.1 Å². The minimum atomic E-state index is -0.395. The van der Waals surface area contributed by atoms with Crippen LogP contribution >= 0.6 is 0 Å². The lowest BCUT2D eigenvalue weighted by molar-refractivity contribution is -0.385. The molecule has 3 rings (SSSR count). The molecule has 0 atom stereocenters. The van der Waals surface area contributed by atoms with Gasteiger partial charge in [0.05, 0.1) is 10.6 Å². The Morgan fingerprint density at radius 2 is 1.94 bits per heavy atom. The first-order valence-electron chi connectivity index (χ1n) is 5.47. The Bertz CT molecular complexity index is 608. The number of nitro groups is 1. The summed E-state index contributed by atoms with van der Waals surface area (Å²) >= 11 is 0. The summed E-state index contributed by atoms with van der Waals surface area (Å²) in [6, 6.07) is 9.72. The Morgan fingerprint density at radius 1 is 1.18 bits per heavy atom. The van der Waals surface area contributed by atoms with E-state index in [0.29, 0.717) is 0 Å². The van der Waals surface area contributed by atoms with Gasteiger partial charge in [-0.05, 0) is 24.0 Å². The van der Waals surface area contributed by atoms with Gasteiger partial charge in [-0.1, -0.05) is 24.3 Å². The molecule has 17 heavy (non-hydrogen) atoms. The predicted molar refractivity (Wildman–Crippen MR) is 63.7 cm³/mol. The van der Waals surface area contributed by atoms with E-state index in [9.17, 15) is 10.1 Å². The maximum Gasteiger partial charge on any atom is 0.287 e. The number of hydrogen-bond acceptors (Lipinski definition) is 3. The zero-order chi connectivity index (χ0) is 11.8. The van der Waals surface area contributed by atoms with E-state index in [-0.39, 0.29) is 5.69 Å². The second kappa shape index (κ2) is 3.66. The fourth-order valence-corrected chi connectivity index (χ4v) is 2.27. The number of aryl methyl sites for hydroxylation is 2. The van der Waals surface area contributed by atoms with Crippen molar-refractivity contribution in [2.24, 2.45) is 0 Å². The van der Waals surface area contributed by atoms with Crippen molar-refractivity contribution in [2.75, 3.05) is 0 Å². The van der Waals surface area contributed by atoms with Crippen LogP contribution in [0.5, 0.6) is 0 Å². The van der Waals surface area contributed by atoms with Crippen molar-refractivity contribution in [1.82, 2.24) is 4.98 Å². The second-order valence-electron chi connectivity index (χ2n) is 4.12. The number of pyridine rings is 1. The zero-order valence-corrected chi connectivity index (χ0v) is 9.09. The minimum absolute atomic E-state index is 0.0723. The largest absolute Gasteiger partial charge is 0.287 e. The summed E-state index contributed by atoms with van der Waals surface area (Å²) in [7, 11) is 0. The smallest absolute Gasteiger partial charge is 0.258 e. The lowest BCUT2D eigenvalue weighted by Crippen LogP contribution is -2.06. The van der Waals surface area contributed by atoms with Gasteiger partial charge in [0.15, 0.2) is 0 Å². The van der Waals surface area contributed by atoms with Crippen molar-refractivity contribution < 1.29 is 4.92 Å². The quantitative estimate of drug-likeness (QED) is 0.555. The van der Waals surface area contributed by atoms with Crippen molar-refractivity contribution in [2.45, 2.75) is 12.8 Å². The van der Waals surface area contributed by atoms with Gasteiger partial charge in [-0.25, -0.2) is 4.98 Å². The first-order chi connectivity index (χ1) is 8.25. The van der Waals surface area contributed by atoms with Crippen molar-refractivity contribution in [3.8, 4) is 11.3 Å². The number of hydrogen-bond donors (Lipinski definition) is 0. The molecule has 0 aliphatic heterocycles. The molecule has 0 N–H and O–H groups in total. The topological polar surface area (TPSA) is 56.0 Å². The maximum absolute atomic E-state index is 10.7. The van der Waals surface area contributed by atoms with Gasteiger partial charge in [0.25, 0.3) is 5.69 Å². The van der Waals surface area contributed by atoms with Crippen LogP contribution in [0.1, 0.15) is 11.1 Å². The summed E-state index contributed by atoms with van der Waals surface area (Å²) in [4.78, 5) is 14.5. The molecule has 2 aromatic rings. The lowest BCUT2D eigenvalue weighted by atomic mass is 9.89. The van der Waals surface area contributed by atoms with Gasteiger partial charge in [0.2, 0.25) is 0 Å². The van der Waals surface area contributed by atoms with Crippen LogP contribution in [0.3, 0.4) is 0 Å². The van der Waals surface area contributed by atoms with Gasteiger partial charge in [0.1, 0.15) is 6.20 Å². The Hall–Kier alpha value is -2.23. The number of fused-ring (bicyclic) bond motifs is 3. The molecule has 1 aliphatic rings. The summed E-state index contributed by atoms with van der Waals surface area (Å²) in [5.74, 6) is 0. The summed E-state index contributed by atoms with van der Waals surface area (Å²) in [5, 5.41) is 10.7. The van der Waals surface area contributed by atoms with Gasteiger partial charge >= 0.3 is 0 Å². The van der Waals surface area contributed by atoms with Crippen molar-refractivity contribution >= 4 is 5.69 Å². The molecule has 0 fully saturated rings. The highest BCUT2D eigenvalue weighted by Crippen LogP contribution is 2.32. The fourth-order valence-electron chi connectivity index (χ4n) is 2.27. The molecule has 1 heterocycles. The van der Waals surface area contributed by atoms with Crippen molar-refractivity contribution in [1.29, 1.82) is 0 Å². The van der Waals surface area contributed by atoms with E-state index in [0.717, 1.165) is 29.7 Å². The molecule has 0 saturated carbocycles. The molecule has 4 nitrogen and oxygen atoms in total. The normalized spacial score (nSPS) is 12.7. The van der Waals surface area contributed by atoms with Gasteiger partial charge in [-0.3, -0.25) is 10.1 Å². The standard InChI is InChI=1S/C13H10N2O2/c16-15(17)11-7-10-6-5-9-3-1-2-4-12(9)13(10)14-8-11/h1-4,7-8H,5-6H2. The molecule has 1 aromatic heterocycles. The summed E-state index contributed by atoms with van der Waals surface area (Å²) in [5.41, 5.74) is 4.29. The molecular weight excluding hydrogens is 216 g/mol. The summed E-state index contributed by atoms with van der Waals surface area (Å²) in [6.07, 6.45) is 3.08. The molecule has 0 amide bonds. The van der Waals surface area contributed by atoms with Crippen LogP contribution in [0.25, 0.3) is 11.3 Å². The number of aromatic nitrogens is 1. The monoisotopic (exact) mass is 226 g/mol. The van der Waals surface area contributed by atoms with Crippen LogP contribution in [-0.2, 0) is 12.8 Å². The van der Waals surface area contributed by atoms with Crippen LogP contribution < -0.4 is 0 Å². The fraction of sp³-hybridized carbons (Fsp3) is 0.154. The average molecular weight is 226 g/mol. The minimum Gasteiger partial charge on any atom is -0.258 e. The lowest BCUT2D eigenvalue weighted by Gasteiger charge is -2.17. The first-order valence-corrected chi connectivity index (χ1v) is 5.47. The zero-order valence-electron chi connectivity index (χ0n) is 9.09. The van der Waals surface area contributed by atoms with Crippen LogP contribution in [0.2, 0.25) is 0 Å². The van der Waals surface area contributed by atoms with Crippen LogP contribution in [0.15, 0.2) is 36.5 Å². The molecule has 1 aliphatic carbocycles. The van der Waals surface area contributed by atoms with Crippen molar-refractivity contribution in [3.63, 3.8) is 0 Å². The molecule has 4 heteroatoms. The van der Waals surface area contributed by atoms with Gasteiger partial charge in [0, 0.05) is 11.6 Å². The number of rotatable bonds is 1. The third-order valence-corrected chi connectivity index (χ3v) is 3.10. The van der Waals surface area contributed by atoms with E-state index in [1.807, 2.05) is 18.2 Å². The number of benzene rings is 1. The average Bonchev–Trinajstić information content (AvgIpc) is 2.38. The molecule has 0 unspecified atom stereocenters. The SMILES string of the molecule is O=[N+]([O-])c1cnc2c(c1)CCc1ccccc1-2.